The first-order valence-electron chi connectivity index (χ1n) is 18.8. The van der Waals surface area contributed by atoms with Gasteiger partial charge in [0.2, 0.25) is 0 Å². The predicted molar refractivity (Wildman–Crippen MR) is 183 cm³/mol. The number of allylic oxidation sites excluding steroid dienone is 1. The van der Waals surface area contributed by atoms with E-state index >= 15 is 0 Å². The van der Waals surface area contributed by atoms with Crippen LogP contribution in [0.1, 0.15) is 189 Å². The average Bonchev–Trinajstić information content (AvgIpc) is 3.69. The molecule has 40 heavy (non-hydrogen) atoms. The van der Waals surface area contributed by atoms with E-state index in [9.17, 15) is 0 Å². The van der Waals surface area contributed by atoms with Gasteiger partial charge in [-0.3, -0.25) is 0 Å². The second kappa shape index (κ2) is 25.1. The van der Waals surface area contributed by atoms with Crippen molar-refractivity contribution in [3.63, 3.8) is 0 Å². The topological polar surface area (TPSA) is 3.24 Å². The third kappa shape index (κ3) is 19.6. The summed E-state index contributed by atoms with van der Waals surface area (Å²) in [4.78, 5) is 2.27. The molecule has 1 fully saturated rings. The van der Waals surface area contributed by atoms with Crippen LogP contribution in [0.2, 0.25) is 0 Å². The largest absolute Gasteiger partial charge is 0.384 e. The standard InChI is InChI=1S/C39H77N/c1-8-12-15-18-22-34(5)23-19-27-36(29-21-30-39-33-38(39)26-17-14-10-3)37(31-32-40(6)7)28-20-25-35(11-4)24-16-13-9-2/h31-32,34-39H,8-30,33H2,1-7H3/b32-31+. The van der Waals surface area contributed by atoms with Gasteiger partial charge in [-0.05, 0) is 67.4 Å². The van der Waals surface area contributed by atoms with Crippen LogP contribution in [-0.2, 0) is 0 Å². The van der Waals surface area contributed by atoms with Crippen LogP contribution in [0.15, 0.2) is 12.3 Å². The molecule has 1 aliphatic carbocycles. The van der Waals surface area contributed by atoms with Gasteiger partial charge in [-0.1, -0.05) is 169 Å². The molecule has 1 rings (SSSR count). The molecule has 0 heterocycles. The van der Waals surface area contributed by atoms with Crippen molar-refractivity contribution in [3.8, 4) is 0 Å². The fourth-order valence-corrected chi connectivity index (χ4v) is 7.33. The summed E-state index contributed by atoms with van der Waals surface area (Å²) in [5, 5.41) is 0. The monoisotopic (exact) mass is 560 g/mol. The van der Waals surface area contributed by atoms with Crippen LogP contribution in [-0.4, -0.2) is 19.0 Å². The molecule has 0 radical (unpaired) electrons. The molecule has 0 bridgehead atoms. The van der Waals surface area contributed by atoms with Crippen molar-refractivity contribution in [1.82, 2.24) is 4.90 Å². The van der Waals surface area contributed by atoms with E-state index in [2.05, 4.69) is 65.9 Å². The highest BCUT2D eigenvalue weighted by molar-refractivity contribution is 4.92. The molecule has 0 N–H and O–H groups in total. The van der Waals surface area contributed by atoms with Gasteiger partial charge in [0, 0.05) is 14.1 Å². The number of hydrogen-bond acceptors (Lipinski definition) is 1. The molecular formula is C39H77N. The van der Waals surface area contributed by atoms with Crippen LogP contribution in [0.25, 0.3) is 0 Å². The number of rotatable bonds is 29. The minimum Gasteiger partial charge on any atom is -0.384 e. The maximum absolute atomic E-state index is 2.63. The minimum absolute atomic E-state index is 0.773. The zero-order valence-electron chi connectivity index (χ0n) is 29.0. The smallest absolute Gasteiger partial charge is 0.00555 e. The molecule has 0 saturated heterocycles. The molecule has 6 unspecified atom stereocenters. The van der Waals surface area contributed by atoms with Crippen molar-refractivity contribution in [2.45, 2.75) is 189 Å². The van der Waals surface area contributed by atoms with Crippen LogP contribution >= 0.6 is 0 Å². The SMILES string of the molecule is CCCCCCC(C)CCCC(CCCC1CC1CCCCC)C(/C=C/N(C)C)CCCC(CC)CCCCC. The molecule has 6 atom stereocenters. The van der Waals surface area contributed by atoms with Gasteiger partial charge in [-0.15, -0.1) is 0 Å². The first-order chi connectivity index (χ1) is 19.4. The summed E-state index contributed by atoms with van der Waals surface area (Å²) in [5.74, 6) is 5.69. The molecule has 1 nitrogen and oxygen atoms in total. The normalized spacial score (nSPS) is 20.1. The van der Waals surface area contributed by atoms with Gasteiger partial charge in [0.15, 0.2) is 0 Å². The van der Waals surface area contributed by atoms with Crippen molar-refractivity contribution < 1.29 is 0 Å². The summed E-state index contributed by atoms with van der Waals surface area (Å²) in [6.07, 6.45) is 39.7. The molecule has 0 aromatic carbocycles. The first kappa shape index (κ1) is 37.6. The number of unbranched alkanes of at least 4 members (excludes halogenated alkanes) is 7. The summed E-state index contributed by atoms with van der Waals surface area (Å²) in [6.45, 7) is 12.0. The summed E-state index contributed by atoms with van der Waals surface area (Å²) in [6, 6.07) is 0. The predicted octanol–water partition coefficient (Wildman–Crippen LogP) is 13.2. The van der Waals surface area contributed by atoms with Crippen LogP contribution < -0.4 is 0 Å². The molecule has 238 valence electrons. The number of nitrogens with zero attached hydrogens (tertiary/aromatic N) is 1. The van der Waals surface area contributed by atoms with E-state index in [0.29, 0.717) is 0 Å². The van der Waals surface area contributed by atoms with Crippen LogP contribution in [0.4, 0.5) is 0 Å². The van der Waals surface area contributed by atoms with Gasteiger partial charge >= 0.3 is 0 Å². The molecule has 0 spiro atoms. The zero-order chi connectivity index (χ0) is 29.4. The lowest BCUT2D eigenvalue weighted by atomic mass is 9.79. The van der Waals surface area contributed by atoms with Gasteiger partial charge in [-0.2, -0.15) is 0 Å². The van der Waals surface area contributed by atoms with Gasteiger partial charge in [0.05, 0.1) is 0 Å². The minimum atomic E-state index is 0.773. The summed E-state index contributed by atoms with van der Waals surface area (Å²) in [5.41, 5.74) is 0. The van der Waals surface area contributed by atoms with Crippen molar-refractivity contribution >= 4 is 0 Å². The Hall–Kier alpha value is -0.460. The highest BCUT2D eigenvalue weighted by Crippen LogP contribution is 2.46. The Balaban J connectivity index is 2.68. The molecular weight excluding hydrogens is 482 g/mol. The second-order valence-electron chi connectivity index (χ2n) is 14.5. The van der Waals surface area contributed by atoms with Crippen molar-refractivity contribution in [3.05, 3.63) is 12.3 Å². The summed E-state index contributed by atoms with van der Waals surface area (Å²) < 4.78 is 0. The zero-order valence-corrected chi connectivity index (χ0v) is 29.0. The Morgan fingerprint density at radius 3 is 1.82 bits per heavy atom. The Bertz CT molecular complexity index is 557. The number of hydrogen-bond donors (Lipinski definition) is 0. The lowest BCUT2D eigenvalue weighted by molar-refractivity contribution is 0.281. The summed E-state index contributed by atoms with van der Waals surface area (Å²) in [7, 11) is 4.41. The fourth-order valence-electron chi connectivity index (χ4n) is 7.33. The Morgan fingerprint density at radius 2 is 1.15 bits per heavy atom. The highest BCUT2D eigenvalue weighted by atomic mass is 15.0. The van der Waals surface area contributed by atoms with E-state index in [1.54, 1.807) is 6.42 Å². The van der Waals surface area contributed by atoms with Crippen LogP contribution in [0.5, 0.6) is 0 Å². The van der Waals surface area contributed by atoms with Gasteiger partial charge < -0.3 is 4.90 Å². The van der Waals surface area contributed by atoms with Gasteiger partial charge in [0.25, 0.3) is 0 Å². The Labute approximate surface area is 255 Å². The van der Waals surface area contributed by atoms with Crippen molar-refractivity contribution in [2.24, 2.45) is 35.5 Å². The van der Waals surface area contributed by atoms with Crippen LogP contribution in [0, 0.1) is 35.5 Å². The van der Waals surface area contributed by atoms with E-state index in [1.165, 1.54) is 148 Å². The van der Waals surface area contributed by atoms with Crippen molar-refractivity contribution in [1.29, 1.82) is 0 Å². The molecule has 1 saturated carbocycles. The lowest BCUT2D eigenvalue weighted by Gasteiger charge is -2.27. The third-order valence-corrected chi connectivity index (χ3v) is 10.4. The highest BCUT2D eigenvalue weighted by Gasteiger charge is 2.35. The molecule has 1 heteroatoms. The van der Waals surface area contributed by atoms with E-state index in [1.807, 2.05) is 0 Å². The molecule has 0 aliphatic heterocycles. The maximum Gasteiger partial charge on any atom is 0.00555 e. The second-order valence-corrected chi connectivity index (χ2v) is 14.5. The average molecular weight is 560 g/mol. The molecule has 0 aromatic heterocycles. The van der Waals surface area contributed by atoms with E-state index in [0.717, 1.165) is 35.5 Å². The molecule has 1 aliphatic rings. The fraction of sp³-hybridized carbons (Fsp3) is 0.949. The maximum atomic E-state index is 2.63. The van der Waals surface area contributed by atoms with E-state index < -0.39 is 0 Å². The first-order valence-corrected chi connectivity index (χ1v) is 18.8. The molecule has 0 amide bonds. The quantitative estimate of drug-likeness (QED) is 0.0824. The van der Waals surface area contributed by atoms with E-state index in [4.69, 9.17) is 0 Å². The Kier molecular flexibility index (Phi) is 23.5. The van der Waals surface area contributed by atoms with Crippen molar-refractivity contribution in [2.75, 3.05) is 14.1 Å². The molecule has 0 aromatic rings. The third-order valence-electron chi connectivity index (χ3n) is 10.4. The summed E-state index contributed by atoms with van der Waals surface area (Å²) >= 11 is 0. The lowest BCUT2D eigenvalue weighted by Crippen LogP contribution is -2.16. The Morgan fingerprint density at radius 1 is 0.600 bits per heavy atom. The van der Waals surface area contributed by atoms with Gasteiger partial charge in [0.1, 0.15) is 0 Å². The van der Waals surface area contributed by atoms with Crippen LogP contribution in [0.3, 0.4) is 0 Å². The van der Waals surface area contributed by atoms with E-state index in [-0.39, 0.29) is 0 Å². The van der Waals surface area contributed by atoms with Gasteiger partial charge in [-0.25, -0.2) is 0 Å².